The van der Waals surface area contributed by atoms with Crippen molar-refractivity contribution in [3.8, 4) is 6.07 Å². The standard InChI is InChI=1S/C20H25N3OS/c1-5-9-23-15(3)11-17(16(23)4)12-18(13-21)20(24)22(6-2)14-19-8-7-10-25-19/h7-8,10-12H,5-6,9,14H2,1-4H3/b18-12-. The molecule has 0 bridgehead atoms. The molecule has 2 heterocycles. The van der Waals surface area contributed by atoms with E-state index in [9.17, 15) is 10.1 Å². The molecule has 25 heavy (non-hydrogen) atoms. The number of hydrogen-bond donors (Lipinski definition) is 0. The van der Waals surface area contributed by atoms with Gasteiger partial charge < -0.3 is 9.47 Å². The van der Waals surface area contributed by atoms with Gasteiger partial charge in [0, 0.05) is 29.4 Å². The highest BCUT2D eigenvalue weighted by Gasteiger charge is 2.18. The van der Waals surface area contributed by atoms with Crippen molar-refractivity contribution >= 4 is 23.3 Å². The van der Waals surface area contributed by atoms with Gasteiger partial charge in [0.05, 0.1) is 6.54 Å². The van der Waals surface area contributed by atoms with Gasteiger partial charge in [0.2, 0.25) is 0 Å². The lowest BCUT2D eigenvalue weighted by molar-refractivity contribution is -0.127. The lowest BCUT2D eigenvalue weighted by Gasteiger charge is -2.19. The topological polar surface area (TPSA) is 49.0 Å². The number of nitrogens with zero attached hydrogens (tertiary/aromatic N) is 3. The molecule has 132 valence electrons. The average molecular weight is 356 g/mol. The number of amides is 1. The van der Waals surface area contributed by atoms with Crippen molar-refractivity contribution in [2.75, 3.05) is 6.54 Å². The highest BCUT2D eigenvalue weighted by molar-refractivity contribution is 7.09. The molecule has 0 saturated heterocycles. The molecule has 0 fully saturated rings. The number of hydrogen-bond acceptors (Lipinski definition) is 3. The Balaban J connectivity index is 2.28. The third-order valence-electron chi connectivity index (χ3n) is 4.31. The third-order valence-corrected chi connectivity index (χ3v) is 5.17. The minimum absolute atomic E-state index is 0.190. The Morgan fingerprint density at radius 1 is 1.40 bits per heavy atom. The summed E-state index contributed by atoms with van der Waals surface area (Å²) in [5.74, 6) is -0.210. The van der Waals surface area contributed by atoms with Gasteiger partial charge in [-0.3, -0.25) is 4.79 Å². The van der Waals surface area contributed by atoms with Gasteiger partial charge in [-0.2, -0.15) is 5.26 Å². The Bertz CT molecular complexity index is 794. The molecule has 0 N–H and O–H groups in total. The number of likely N-dealkylation sites (N-methyl/N-ethyl adjacent to an activating group) is 1. The van der Waals surface area contributed by atoms with E-state index in [2.05, 4.69) is 24.5 Å². The van der Waals surface area contributed by atoms with E-state index in [4.69, 9.17) is 0 Å². The molecule has 5 heteroatoms. The summed E-state index contributed by atoms with van der Waals surface area (Å²) in [6.07, 6.45) is 2.78. The maximum atomic E-state index is 12.8. The second-order valence-corrected chi connectivity index (χ2v) is 7.08. The summed E-state index contributed by atoms with van der Waals surface area (Å²) >= 11 is 1.62. The molecular formula is C20H25N3OS. The molecule has 0 atom stereocenters. The minimum Gasteiger partial charge on any atom is -0.349 e. The van der Waals surface area contributed by atoms with Crippen LogP contribution in [0.2, 0.25) is 0 Å². The van der Waals surface area contributed by atoms with Crippen LogP contribution in [0.4, 0.5) is 0 Å². The van der Waals surface area contributed by atoms with Crippen LogP contribution in [-0.4, -0.2) is 21.9 Å². The second kappa shape index (κ2) is 8.68. The van der Waals surface area contributed by atoms with E-state index in [-0.39, 0.29) is 11.5 Å². The molecule has 0 aromatic carbocycles. The van der Waals surface area contributed by atoms with Crippen LogP contribution < -0.4 is 0 Å². The monoisotopic (exact) mass is 355 g/mol. The number of thiophene rings is 1. The first-order valence-corrected chi connectivity index (χ1v) is 9.49. The van der Waals surface area contributed by atoms with Crippen molar-refractivity contribution in [1.82, 2.24) is 9.47 Å². The third kappa shape index (κ3) is 4.40. The number of carbonyl (C=O) groups is 1. The van der Waals surface area contributed by atoms with Crippen molar-refractivity contribution in [3.05, 3.63) is 51.0 Å². The molecule has 4 nitrogen and oxygen atoms in total. The summed E-state index contributed by atoms with van der Waals surface area (Å²) in [6.45, 7) is 10.2. The number of nitriles is 1. The minimum atomic E-state index is -0.210. The highest BCUT2D eigenvalue weighted by Crippen LogP contribution is 2.20. The van der Waals surface area contributed by atoms with Crippen LogP contribution in [0.25, 0.3) is 6.08 Å². The van der Waals surface area contributed by atoms with E-state index in [1.165, 1.54) is 0 Å². The summed E-state index contributed by atoms with van der Waals surface area (Å²) < 4.78 is 2.23. The fourth-order valence-electron chi connectivity index (χ4n) is 2.93. The normalized spacial score (nSPS) is 11.4. The van der Waals surface area contributed by atoms with Gasteiger partial charge in [-0.15, -0.1) is 11.3 Å². The maximum Gasteiger partial charge on any atom is 0.264 e. The molecule has 0 unspecified atom stereocenters. The van der Waals surface area contributed by atoms with Crippen LogP contribution in [0, 0.1) is 25.2 Å². The van der Waals surface area contributed by atoms with Gasteiger partial charge in [0.1, 0.15) is 11.6 Å². The van der Waals surface area contributed by atoms with Gasteiger partial charge in [-0.05, 0) is 56.3 Å². The predicted octanol–water partition coefficient (Wildman–Crippen LogP) is 4.53. The highest BCUT2D eigenvalue weighted by atomic mass is 32.1. The largest absolute Gasteiger partial charge is 0.349 e. The van der Waals surface area contributed by atoms with Gasteiger partial charge in [0.15, 0.2) is 0 Å². The van der Waals surface area contributed by atoms with E-state index < -0.39 is 0 Å². The molecule has 0 saturated carbocycles. The van der Waals surface area contributed by atoms with Crippen molar-refractivity contribution in [1.29, 1.82) is 5.26 Å². The Morgan fingerprint density at radius 2 is 2.16 bits per heavy atom. The molecule has 0 aliphatic rings. The van der Waals surface area contributed by atoms with E-state index in [1.54, 1.807) is 22.3 Å². The fraction of sp³-hybridized carbons (Fsp3) is 0.400. The summed E-state index contributed by atoms with van der Waals surface area (Å²) in [7, 11) is 0. The predicted molar refractivity (Wildman–Crippen MR) is 103 cm³/mol. The van der Waals surface area contributed by atoms with E-state index >= 15 is 0 Å². The van der Waals surface area contributed by atoms with E-state index in [0.29, 0.717) is 13.1 Å². The summed E-state index contributed by atoms with van der Waals surface area (Å²) in [6, 6.07) is 8.13. The van der Waals surface area contributed by atoms with Gasteiger partial charge in [-0.25, -0.2) is 0 Å². The quantitative estimate of drug-likeness (QED) is 0.541. The molecular weight excluding hydrogens is 330 g/mol. The van der Waals surface area contributed by atoms with Gasteiger partial charge in [0.25, 0.3) is 5.91 Å². The number of carbonyl (C=O) groups excluding carboxylic acids is 1. The molecule has 2 aromatic rings. The molecule has 2 aromatic heterocycles. The Labute approximate surface area is 154 Å². The van der Waals surface area contributed by atoms with Gasteiger partial charge >= 0.3 is 0 Å². The first-order valence-electron chi connectivity index (χ1n) is 8.61. The van der Waals surface area contributed by atoms with Crippen molar-refractivity contribution in [2.24, 2.45) is 0 Å². The SMILES string of the molecule is CCCn1c(C)cc(/C=C(/C#N)C(=O)N(CC)Cc2cccs2)c1C. The zero-order valence-electron chi connectivity index (χ0n) is 15.4. The maximum absolute atomic E-state index is 12.8. The zero-order valence-corrected chi connectivity index (χ0v) is 16.2. The summed E-state index contributed by atoms with van der Waals surface area (Å²) in [5, 5.41) is 11.5. The van der Waals surface area contributed by atoms with Crippen molar-refractivity contribution < 1.29 is 4.79 Å². The lowest BCUT2D eigenvalue weighted by atomic mass is 10.1. The molecule has 0 aliphatic carbocycles. The van der Waals surface area contributed by atoms with E-state index in [1.807, 2.05) is 37.4 Å². The van der Waals surface area contributed by atoms with Crippen LogP contribution in [-0.2, 0) is 17.9 Å². The average Bonchev–Trinajstić information content (AvgIpc) is 3.21. The summed E-state index contributed by atoms with van der Waals surface area (Å²) in [5.41, 5.74) is 3.39. The smallest absolute Gasteiger partial charge is 0.264 e. The van der Waals surface area contributed by atoms with Crippen LogP contribution in [0.1, 0.15) is 42.1 Å². The Hall–Kier alpha value is -2.32. The van der Waals surface area contributed by atoms with Gasteiger partial charge in [-0.1, -0.05) is 13.0 Å². The molecule has 0 radical (unpaired) electrons. The van der Waals surface area contributed by atoms with Crippen LogP contribution in [0.5, 0.6) is 0 Å². The Kier molecular flexibility index (Phi) is 6.60. The first kappa shape index (κ1) is 19.0. The second-order valence-electron chi connectivity index (χ2n) is 6.05. The zero-order chi connectivity index (χ0) is 18.4. The molecule has 0 spiro atoms. The Morgan fingerprint density at radius 3 is 2.72 bits per heavy atom. The number of aryl methyl sites for hydroxylation is 1. The molecule has 1 amide bonds. The van der Waals surface area contributed by atoms with Crippen LogP contribution in [0.3, 0.4) is 0 Å². The summed E-state index contributed by atoms with van der Waals surface area (Å²) in [4.78, 5) is 15.6. The number of aromatic nitrogens is 1. The van der Waals surface area contributed by atoms with Crippen LogP contribution in [0.15, 0.2) is 29.2 Å². The lowest BCUT2D eigenvalue weighted by Crippen LogP contribution is -2.30. The number of rotatable bonds is 7. The molecule has 2 rings (SSSR count). The first-order chi connectivity index (χ1) is 12.0. The van der Waals surface area contributed by atoms with Crippen molar-refractivity contribution in [2.45, 2.75) is 47.2 Å². The fourth-order valence-corrected chi connectivity index (χ4v) is 3.65. The van der Waals surface area contributed by atoms with Crippen LogP contribution >= 0.6 is 11.3 Å². The molecule has 0 aliphatic heterocycles. The van der Waals surface area contributed by atoms with Crippen molar-refractivity contribution in [3.63, 3.8) is 0 Å². The van der Waals surface area contributed by atoms with E-state index in [0.717, 1.165) is 34.8 Å².